The van der Waals surface area contributed by atoms with Gasteiger partial charge in [0.05, 0.1) is 38.4 Å². The number of hydrogen-bond donors (Lipinski definition) is 0. The normalized spacial score (nSPS) is 20.5. The van der Waals surface area contributed by atoms with E-state index in [4.69, 9.17) is 14.2 Å². The molecular weight excluding hydrogens is 526 g/mol. The predicted molar refractivity (Wildman–Crippen MR) is 141 cm³/mol. The molecule has 0 N–H and O–H groups in total. The maximum absolute atomic E-state index is 13.8. The SMILES string of the molecule is COc1ccc(C2C(C(=O)c3ccc(S(=O)(=O)N(C)C)cc3)C(=O)C(=O)N2CCN2CCOCC2)c(OC)c1. The molecule has 2 heterocycles. The number of nitrogens with zero attached hydrogens (tertiary/aromatic N) is 3. The van der Waals surface area contributed by atoms with Gasteiger partial charge in [0, 0.05) is 57.5 Å². The standard InChI is InChI=1S/C27H33N3O8S/c1-28(2)39(34,35)20-8-5-18(6-9-20)25(31)23-24(21-10-7-19(36-3)17-22(21)37-4)30(27(33)26(23)32)12-11-29-13-15-38-16-14-29/h5-10,17,23-24H,11-16H2,1-4H3. The molecular formula is C27H33N3O8S. The van der Waals surface area contributed by atoms with Gasteiger partial charge in [-0.3, -0.25) is 19.3 Å². The summed E-state index contributed by atoms with van der Waals surface area (Å²) in [5, 5.41) is 0. The number of carbonyl (C=O) groups excluding carboxylic acids is 3. The second-order valence-corrected chi connectivity index (χ2v) is 11.7. The topological polar surface area (TPSA) is 123 Å². The van der Waals surface area contributed by atoms with Crippen molar-refractivity contribution in [2.75, 3.05) is 67.7 Å². The molecule has 210 valence electrons. The first-order valence-electron chi connectivity index (χ1n) is 12.5. The number of likely N-dealkylation sites (tertiary alicyclic amines) is 1. The van der Waals surface area contributed by atoms with Gasteiger partial charge in [-0.05, 0) is 24.3 Å². The molecule has 2 fully saturated rings. The Morgan fingerprint density at radius 3 is 2.26 bits per heavy atom. The van der Waals surface area contributed by atoms with E-state index in [9.17, 15) is 22.8 Å². The fourth-order valence-electron chi connectivity index (χ4n) is 4.89. The summed E-state index contributed by atoms with van der Waals surface area (Å²) in [6, 6.07) is 9.50. The number of amides is 1. The molecule has 12 heteroatoms. The van der Waals surface area contributed by atoms with Crippen LogP contribution < -0.4 is 9.47 Å². The van der Waals surface area contributed by atoms with E-state index >= 15 is 0 Å². The van der Waals surface area contributed by atoms with Crippen molar-refractivity contribution in [1.29, 1.82) is 0 Å². The molecule has 2 saturated heterocycles. The summed E-state index contributed by atoms with van der Waals surface area (Å²) in [5.74, 6) is -2.55. The van der Waals surface area contributed by atoms with Crippen molar-refractivity contribution < 1.29 is 37.0 Å². The maximum atomic E-state index is 13.8. The van der Waals surface area contributed by atoms with E-state index in [0.29, 0.717) is 49.9 Å². The summed E-state index contributed by atoms with van der Waals surface area (Å²) in [5.41, 5.74) is 0.635. The van der Waals surface area contributed by atoms with Crippen LogP contribution in [0.3, 0.4) is 0 Å². The Morgan fingerprint density at radius 2 is 1.67 bits per heavy atom. The van der Waals surface area contributed by atoms with Gasteiger partial charge < -0.3 is 19.1 Å². The molecule has 2 aliphatic rings. The first kappa shape index (κ1) is 28.7. The number of sulfonamides is 1. The molecule has 1 amide bonds. The van der Waals surface area contributed by atoms with Crippen molar-refractivity contribution in [3.05, 3.63) is 53.6 Å². The van der Waals surface area contributed by atoms with E-state index in [0.717, 1.165) is 4.31 Å². The summed E-state index contributed by atoms with van der Waals surface area (Å²) < 4.78 is 42.3. The van der Waals surface area contributed by atoms with Crippen LogP contribution in [0.25, 0.3) is 0 Å². The van der Waals surface area contributed by atoms with E-state index in [1.54, 1.807) is 18.2 Å². The zero-order valence-electron chi connectivity index (χ0n) is 22.5. The Morgan fingerprint density at radius 1 is 1.00 bits per heavy atom. The number of Topliss-reactive ketones (excluding diaryl/α,β-unsaturated/α-hetero) is 2. The summed E-state index contributed by atoms with van der Waals surface area (Å²) in [6.07, 6.45) is 0. The number of rotatable bonds is 10. The number of ketones is 2. The molecule has 0 spiro atoms. The van der Waals surface area contributed by atoms with Gasteiger partial charge in [-0.2, -0.15) is 0 Å². The van der Waals surface area contributed by atoms with Gasteiger partial charge in [-0.15, -0.1) is 0 Å². The Hall–Kier alpha value is -3.32. The summed E-state index contributed by atoms with van der Waals surface area (Å²) >= 11 is 0. The lowest BCUT2D eigenvalue weighted by Gasteiger charge is -2.32. The van der Waals surface area contributed by atoms with Crippen molar-refractivity contribution in [3.63, 3.8) is 0 Å². The molecule has 0 bridgehead atoms. The van der Waals surface area contributed by atoms with Crippen molar-refractivity contribution >= 4 is 27.5 Å². The van der Waals surface area contributed by atoms with Gasteiger partial charge in [0.2, 0.25) is 15.8 Å². The van der Waals surface area contributed by atoms with Gasteiger partial charge in [0.15, 0.2) is 5.78 Å². The molecule has 0 radical (unpaired) electrons. The third kappa shape index (κ3) is 5.69. The van der Waals surface area contributed by atoms with Crippen molar-refractivity contribution in [1.82, 2.24) is 14.1 Å². The van der Waals surface area contributed by atoms with Crippen LogP contribution in [0.1, 0.15) is 22.0 Å². The average molecular weight is 560 g/mol. The van der Waals surface area contributed by atoms with Crippen LogP contribution in [-0.2, 0) is 24.3 Å². The van der Waals surface area contributed by atoms with Crippen LogP contribution in [0.5, 0.6) is 11.5 Å². The van der Waals surface area contributed by atoms with Crippen LogP contribution in [0, 0.1) is 5.92 Å². The molecule has 0 saturated carbocycles. The van der Waals surface area contributed by atoms with Crippen molar-refractivity contribution in [2.24, 2.45) is 5.92 Å². The highest BCUT2D eigenvalue weighted by molar-refractivity contribution is 7.89. The third-order valence-electron chi connectivity index (χ3n) is 7.13. The summed E-state index contributed by atoms with van der Waals surface area (Å²) in [4.78, 5) is 44.1. The Balaban J connectivity index is 1.72. The smallest absolute Gasteiger partial charge is 0.291 e. The van der Waals surface area contributed by atoms with Crippen LogP contribution in [0.4, 0.5) is 0 Å². The van der Waals surface area contributed by atoms with Crippen LogP contribution in [0.2, 0.25) is 0 Å². The Bertz CT molecular complexity index is 1340. The Labute approximate surface area is 228 Å². The fourth-order valence-corrected chi connectivity index (χ4v) is 5.79. The zero-order chi connectivity index (χ0) is 28.3. The highest BCUT2D eigenvalue weighted by Crippen LogP contribution is 2.43. The number of ether oxygens (including phenoxy) is 3. The van der Waals surface area contributed by atoms with Gasteiger partial charge in [0.25, 0.3) is 5.91 Å². The maximum Gasteiger partial charge on any atom is 0.291 e. The predicted octanol–water partition coefficient (Wildman–Crippen LogP) is 1.24. The lowest BCUT2D eigenvalue weighted by Crippen LogP contribution is -2.43. The van der Waals surface area contributed by atoms with Crippen LogP contribution in [0.15, 0.2) is 47.4 Å². The molecule has 11 nitrogen and oxygen atoms in total. The molecule has 39 heavy (non-hydrogen) atoms. The van der Waals surface area contributed by atoms with Crippen LogP contribution in [-0.4, -0.2) is 108 Å². The summed E-state index contributed by atoms with van der Waals surface area (Å²) in [7, 11) is 2.10. The molecule has 2 unspecified atom stereocenters. The van der Waals surface area contributed by atoms with Gasteiger partial charge in [0.1, 0.15) is 17.4 Å². The minimum atomic E-state index is -3.70. The molecule has 2 aliphatic heterocycles. The lowest BCUT2D eigenvalue weighted by molar-refractivity contribution is -0.141. The number of methoxy groups -OCH3 is 2. The molecule has 2 aromatic rings. The molecule has 2 aromatic carbocycles. The first-order valence-corrected chi connectivity index (χ1v) is 14.0. The number of hydrogen-bond acceptors (Lipinski definition) is 9. The van der Waals surface area contributed by atoms with E-state index in [-0.39, 0.29) is 17.0 Å². The van der Waals surface area contributed by atoms with Gasteiger partial charge in [-0.25, -0.2) is 12.7 Å². The van der Waals surface area contributed by atoms with Crippen molar-refractivity contribution in [2.45, 2.75) is 10.9 Å². The fraction of sp³-hybridized carbons (Fsp3) is 0.444. The van der Waals surface area contributed by atoms with Gasteiger partial charge in [-0.1, -0.05) is 12.1 Å². The largest absolute Gasteiger partial charge is 0.497 e. The first-order chi connectivity index (χ1) is 18.6. The number of morpholine rings is 1. The molecule has 2 atom stereocenters. The van der Waals surface area contributed by atoms with Crippen molar-refractivity contribution in [3.8, 4) is 11.5 Å². The number of benzene rings is 2. The molecule has 0 aromatic heterocycles. The van der Waals surface area contributed by atoms with Gasteiger partial charge >= 0.3 is 0 Å². The van der Waals surface area contributed by atoms with E-state index < -0.39 is 39.5 Å². The number of carbonyl (C=O) groups is 3. The quantitative estimate of drug-likeness (QED) is 0.240. The van der Waals surface area contributed by atoms with Crippen LogP contribution >= 0.6 is 0 Å². The second kappa shape index (κ2) is 11.8. The van der Waals surface area contributed by atoms with E-state index in [1.165, 1.54) is 57.5 Å². The third-order valence-corrected chi connectivity index (χ3v) is 8.95. The molecule has 4 rings (SSSR count). The summed E-state index contributed by atoms with van der Waals surface area (Å²) in [6.45, 7) is 3.32. The van der Waals surface area contributed by atoms with E-state index in [1.807, 2.05) is 0 Å². The second-order valence-electron chi connectivity index (χ2n) is 9.52. The zero-order valence-corrected chi connectivity index (χ0v) is 23.3. The molecule has 0 aliphatic carbocycles. The Kier molecular flexibility index (Phi) is 8.70. The highest BCUT2D eigenvalue weighted by Gasteiger charge is 2.52. The minimum Gasteiger partial charge on any atom is -0.497 e. The monoisotopic (exact) mass is 559 g/mol. The van der Waals surface area contributed by atoms with E-state index in [2.05, 4.69) is 4.90 Å². The average Bonchev–Trinajstić information content (AvgIpc) is 3.20. The highest BCUT2D eigenvalue weighted by atomic mass is 32.2. The minimum absolute atomic E-state index is 0.0124. The lowest BCUT2D eigenvalue weighted by atomic mass is 9.86.